The topological polar surface area (TPSA) is 128 Å². The molecule has 0 bridgehead atoms. The molecule has 0 aliphatic carbocycles. The fourth-order valence-electron chi connectivity index (χ4n) is 3.21. The van der Waals surface area contributed by atoms with E-state index in [1.807, 2.05) is 0 Å². The zero-order valence-electron chi connectivity index (χ0n) is 27.3. The van der Waals surface area contributed by atoms with E-state index in [1.54, 1.807) is 0 Å². The van der Waals surface area contributed by atoms with Gasteiger partial charge in [0, 0.05) is 12.7 Å². The summed E-state index contributed by atoms with van der Waals surface area (Å²) in [6.45, 7) is 14.9. The van der Waals surface area contributed by atoms with Gasteiger partial charge in [-0.2, -0.15) is 0 Å². The molecule has 0 heterocycles. The van der Waals surface area contributed by atoms with Crippen LogP contribution in [0.1, 0.15) is 25.7 Å². The van der Waals surface area contributed by atoms with Gasteiger partial charge in [0.25, 0.3) is 0 Å². The van der Waals surface area contributed by atoms with Crippen LogP contribution in [0.25, 0.3) is 0 Å². The van der Waals surface area contributed by atoms with Crippen LogP contribution in [0.3, 0.4) is 0 Å². The molecular formula is C31H59IO13. The van der Waals surface area contributed by atoms with Gasteiger partial charge in [-0.05, 0) is 17.3 Å². The molecule has 0 atom stereocenters. The number of rotatable bonds is 40. The lowest BCUT2D eigenvalue weighted by Gasteiger charge is -2.09. The predicted molar refractivity (Wildman–Crippen MR) is 178 cm³/mol. The third-order valence-electron chi connectivity index (χ3n) is 5.53. The van der Waals surface area contributed by atoms with Gasteiger partial charge in [-0.25, -0.2) is 4.79 Å². The number of carbonyl (C=O) groups is 1. The Hall–Kier alpha value is -0.500. The maximum Gasteiger partial charge on any atom is 0.330 e. The molecular weight excluding hydrogens is 707 g/mol. The van der Waals surface area contributed by atoms with E-state index < -0.39 is 5.97 Å². The smallest absolute Gasteiger partial charge is 0.330 e. The number of carbonyl (C=O) groups excluding carboxylic acids is 1. The zero-order chi connectivity index (χ0) is 32.6. The summed E-state index contributed by atoms with van der Waals surface area (Å²) in [5.41, 5.74) is 0. The van der Waals surface area contributed by atoms with Gasteiger partial charge < -0.3 is 56.8 Å². The predicted octanol–water partition coefficient (Wildman–Crippen LogP) is 2.89. The summed E-state index contributed by atoms with van der Waals surface area (Å²) in [5, 5.41) is 0. The first-order valence-electron chi connectivity index (χ1n) is 16.0. The first kappa shape index (κ1) is 44.5. The largest absolute Gasteiger partial charge is 0.460 e. The summed E-state index contributed by atoms with van der Waals surface area (Å²) in [7, 11) is 0. The molecule has 0 rings (SSSR count). The molecule has 14 heteroatoms. The Bertz CT molecular complexity index is 590. The summed E-state index contributed by atoms with van der Waals surface area (Å²) < 4.78 is 66.0. The first-order valence-corrected chi connectivity index (χ1v) is 17.5. The highest BCUT2D eigenvalue weighted by molar-refractivity contribution is 14.1. The molecule has 0 spiro atoms. The van der Waals surface area contributed by atoms with Crippen molar-refractivity contribution in [2.24, 2.45) is 0 Å². The van der Waals surface area contributed by atoms with Crippen molar-refractivity contribution in [2.45, 2.75) is 25.7 Å². The number of esters is 1. The monoisotopic (exact) mass is 766 g/mol. The van der Waals surface area contributed by atoms with Crippen LogP contribution in [0.5, 0.6) is 0 Å². The molecule has 0 aromatic heterocycles. The van der Waals surface area contributed by atoms with Gasteiger partial charge in [0.05, 0.1) is 139 Å². The third kappa shape index (κ3) is 41.5. The van der Waals surface area contributed by atoms with Gasteiger partial charge in [-0.3, -0.25) is 0 Å². The van der Waals surface area contributed by atoms with Crippen molar-refractivity contribution in [1.29, 1.82) is 0 Å². The molecule has 268 valence electrons. The standard InChI is InChI=1S/C31H59IO13/c1-2-31(33)45-30-29-44-28-27-43-26-25-42-24-23-41-22-21-40-20-19-39-18-17-38-16-15-37-14-13-36-12-11-35-10-9-34-8-6-4-3-5-7-32/h2H,1,3-30H2. The second-order valence-electron chi connectivity index (χ2n) is 9.21. The van der Waals surface area contributed by atoms with Crippen LogP contribution < -0.4 is 0 Å². The highest BCUT2D eigenvalue weighted by Crippen LogP contribution is 2.02. The molecule has 0 fully saturated rings. The number of halogens is 1. The van der Waals surface area contributed by atoms with Crippen molar-refractivity contribution in [3.63, 3.8) is 0 Å². The molecule has 0 radical (unpaired) electrons. The maximum atomic E-state index is 10.8. The Labute approximate surface area is 284 Å². The first-order chi connectivity index (χ1) is 22.3. The molecule has 0 aromatic rings. The zero-order valence-corrected chi connectivity index (χ0v) is 29.4. The molecule has 45 heavy (non-hydrogen) atoms. The molecule has 0 aliphatic heterocycles. The third-order valence-corrected chi connectivity index (χ3v) is 6.29. The van der Waals surface area contributed by atoms with E-state index in [0.717, 1.165) is 19.1 Å². The number of hydrogen-bond donors (Lipinski definition) is 0. The van der Waals surface area contributed by atoms with Crippen LogP contribution in [-0.2, 0) is 61.6 Å². The quantitative estimate of drug-likeness (QED) is 0.0299. The molecule has 0 saturated heterocycles. The Morgan fingerprint density at radius 1 is 0.378 bits per heavy atom. The van der Waals surface area contributed by atoms with E-state index >= 15 is 0 Å². The molecule has 0 unspecified atom stereocenters. The lowest BCUT2D eigenvalue weighted by atomic mass is 10.2. The molecule has 0 N–H and O–H groups in total. The minimum atomic E-state index is -0.458. The lowest BCUT2D eigenvalue weighted by Crippen LogP contribution is -2.15. The minimum absolute atomic E-state index is 0.200. The average Bonchev–Trinajstić information content (AvgIpc) is 3.05. The van der Waals surface area contributed by atoms with Crippen molar-refractivity contribution in [2.75, 3.05) is 156 Å². The van der Waals surface area contributed by atoms with Gasteiger partial charge in [0.2, 0.25) is 0 Å². The lowest BCUT2D eigenvalue weighted by molar-refractivity contribution is -0.139. The van der Waals surface area contributed by atoms with Crippen molar-refractivity contribution < 1.29 is 61.6 Å². The van der Waals surface area contributed by atoms with Crippen LogP contribution in [-0.4, -0.2) is 162 Å². The van der Waals surface area contributed by atoms with E-state index in [4.69, 9.17) is 56.8 Å². The van der Waals surface area contributed by atoms with E-state index in [0.29, 0.717) is 139 Å². The number of alkyl halides is 1. The van der Waals surface area contributed by atoms with E-state index in [2.05, 4.69) is 29.2 Å². The fourth-order valence-corrected chi connectivity index (χ4v) is 3.75. The van der Waals surface area contributed by atoms with Gasteiger partial charge in [0.1, 0.15) is 6.61 Å². The Morgan fingerprint density at radius 3 is 0.889 bits per heavy atom. The summed E-state index contributed by atoms with van der Waals surface area (Å²) in [6.07, 6.45) is 6.08. The van der Waals surface area contributed by atoms with Crippen molar-refractivity contribution in [3.05, 3.63) is 12.7 Å². The second-order valence-corrected chi connectivity index (χ2v) is 10.3. The van der Waals surface area contributed by atoms with E-state index in [-0.39, 0.29) is 6.61 Å². The van der Waals surface area contributed by atoms with Crippen molar-refractivity contribution in [3.8, 4) is 0 Å². The van der Waals surface area contributed by atoms with E-state index in [1.165, 1.54) is 23.7 Å². The van der Waals surface area contributed by atoms with Crippen LogP contribution in [0, 0.1) is 0 Å². The molecule has 13 nitrogen and oxygen atoms in total. The summed E-state index contributed by atoms with van der Waals surface area (Å²) in [5.74, 6) is -0.458. The summed E-state index contributed by atoms with van der Waals surface area (Å²) in [4.78, 5) is 10.8. The SMILES string of the molecule is C=CC(=O)OCCOCCOCCOCCOCCOCCOCCOCCOCCOCCOCCOCCCCCCI. The van der Waals surface area contributed by atoms with Gasteiger partial charge in [0.15, 0.2) is 0 Å². The summed E-state index contributed by atoms with van der Waals surface area (Å²) >= 11 is 2.42. The highest BCUT2D eigenvalue weighted by Gasteiger charge is 1.98. The van der Waals surface area contributed by atoms with Crippen molar-refractivity contribution in [1.82, 2.24) is 0 Å². The van der Waals surface area contributed by atoms with E-state index in [9.17, 15) is 4.79 Å². The van der Waals surface area contributed by atoms with Gasteiger partial charge in [-0.15, -0.1) is 0 Å². The number of hydrogen-bond acceptors (Lipinski definition) is 13. The van der Waals surface area contributed by atoms with Crippen LogP contribution in [0.15, 0.2) is 12.7 Å². The highest BCUT2D eigenvalue weighted by atomic mass is 127. The Balaban J connectivity index is 3.05. The molecule has 0 amide bonds. The number of ether oxygens (including phenoxy) is 12. The molecule has 0 saturated carbocycles. The normalized spacial score (nSPS) is 11.3. The Kier molecular flexibility index (Phi) is 41.1. The van der Waals surface area contributed by atoms with Gasteiger partial charge >= 0.3 is 5.97 Å². The molecule has 0 aromatic carbocycles. The second kappa shape index (κ2) is 41.5. The van der Waals surface area contributed by atoms with Crippen LogP contribution in [0.4, 0.5) is 0 Å². The molecule has 0 aliphatic rings. The van der Waals surface area contributed by atoms with Crippen molar-refractivity contribution >= 4 is 28.6 Å². The van der Waals surface area contributed by atoms with Gasteiger partial charge in [-0.1, -0.05) is 42.0 Å². The average molecular weight is 767 g/mol. The van der Waals surface area contributed by atoms with Crippen LogP contribution >= 0.6 is 22.6 Å². The number of unbranched alkanes of at least 4 members (excludes halogenated alkanes) is 3. The Morgan fingerprint density at radius 2 is 0.622 bits per heavy atom. The maximum absolute atomic E-state index is 10.8. The fraction of sp³-hybridized carbons (Fsp3) is 0.903. The van der Waals surface area contributed by atoms with Crippen LogP contribution in [0.2, 0.25) is 0 Å². The summed E-state index contributed by atoms with van der Waals surface area (Å²) in [6, 6.07) is 0. The minimum Gasteiger partial charge on any atom is -0.460 e.